The summed E-state index contributed by atoms with van der Waals surface area (Å²) in [6.07, 6.45) is 0.641. The Morgan fingerprint density at radius 3 is 2.77 bits per heavy atom. The predicted molar refractivity (Wildman–Crippen MR) is 77.8 cm³/mol. The molecule has 0 fully saturated rings. The van der Waals surface area contributed by atoms with E-state index in [1.54, 1.807) is 0 Å². The molecule has 2 N–H and O–H groups in total. The standard InChI is InChI=1S/C16H14F2N2O2/c17-12-6-5-10(9-13(12)18)19-16(21)20-14-7-8-22-15-4-2-1-3-11(14)15/h1-6,9,14H,7-8H2,(H2,19,20,21). The summed E-state index contributed by atoms with van der Waals surface area (Å²) < 4.78 is 31.5. The molecule has 0 spiro atoms. The van der Waals surface area contributed by atoms with E-state index in [1.165, 1.54) is 6.07 Å². The summed E-state index contributed by atoms with van der Waals surface area (Å²) in [6, 6.07) is 10.0. The van der Waals surface area contributed by atoms with Gasteiger partial charge in [-0.15, -0.1) is 0 Å². The minimum atomic E-state index is -1.01. The second-order valence-electron chi connectivity index (χ2n) is 4.95. The zero-order chi connectivity index (χ0) is 15.5. The van der Waals surface area contributed by atoms with Gasteiger partial charge in [-0.3, -0.25) is 0 Å². The maximum atomic E-state index is 13.1. The molecule has 6 heteroatoms. The van der Waals surface area contributed by atoms with Gasteiger partial charge in [0.1, 0.15) is 5.75 Å². The van der Waals surface area contributed by atoms with Crippen LogP contribution >= 0.6 is 0 Å². The number of fused-ring (bicyclic) bond motifs is 1. The highest BCUT2D eigenvalue weighted by molar-refractivity contribution is 5.89. The van der Waals surface area contributed by atoms with E-state index in [9.17, 15) is 13.6 Å². The van der Waals surface area contributed by atoms with Crippen LogP contribution in [0.5, 0.6) is 5.75 Å². The topological polar surface area (TPSA) is 50.4 Å². The molecule has 1 aliphatic heterocycles. The van der Waals surface area contributed by atoms with Crippen molar-refractivity contribution in [3.63, 3.8) is 0 Å². The lowest BCUT2D eigenvalue weighted by Gasteiger charge is -2.26. The molecule has 0 radical (unpaired) electrons. The Morgan fingerprint density at radius 1 is 1.14 bits per heavy atom. The van der Waals surface area contributed by atoms with Crippen LogP contribution < -0.4 is 15.4 Å². The second-order valence-corrected chi connectivity index (χ2v) is 4.95. The number of para-hydroxylation sites is 1. The SMILES string of the molecule is O=C(Nc1ccc(F)c(F)c1)NC1CCOc2ccccc21. The highest BCUT2D eigenvalue weighted by atomic mass is 19.2. The van der Waals surface area contributed by atoms with E-state index in [0.29, 0.717) is 13.0 Å². The molecule has 2 aromatic carbocycles. The number of ether oxygens (including phenoxy) is 1. The van der Waals surface area contributed by atoms with Crippen molar-refractivity contribution < 1.29 is 18.3 Å². The van der Waals surface area contributed by atoms with Crippen LogP contribution in [0.2, 0.25) is 0 Å². The van der Waals surface area contributed by atoms with Gasteiger partial charge in [-0.05, 0) is 18.2 Å². The number of amides is 2. The Balaban J connectivity index is 1.69. The van der Waals surface area contributed by atoms with Gasteiger partial charge in [0.2, 0.25) is 0 Å². The summed E-state index contributed by atoms with van der Waals surface area (Å²) in [7, 11) is 0. The third-order valence-electron chi connectivity index (χ3n) is 3.44. The molecule has 3 rings (SSSR count). The molecular weight excluding hydrogens is 290 g/mol. The fraction of sp³-hybridized carbons (Fsp3) is 0.188. The van der Waals surface area contributed by atoms with Crippen molar-refractivity contribution in [2.45, 2.75) is 12.5 Å². The molecule has 1 heterocycles. The highest BCUT2D eigenvalue weighted by Crippen LogP contribution is 2.31. The van der Waals surface area contributed by atoms with Crippen molar-refractivity contribution in [1.82, 2.24) is 5.32 Å². The largest absolute Gasteiger partial charge is 0.493 e. The van der Waals surface area contributed by atoms with Crippen LogP contribution in [0, 0.1) is 11.6 Å². The molecule has 2 amide bonds. The van der Waals surface area contributed by atoms with Crippen LogP contribution in [0.25, 0.3) is 0 Å². The van der Waals surface area contributed by atoms with Gasteiger partial charge >= 0.3 is 6.03 Å². The maximum Gasteiger partial charge on any atom is 0.319 e. The summed E-state index contributed by atoms with van der Waals surface area (Å²) in [6.45, 7) is 0.507. The molecule has 1 aliphatic rings. The second kappa shape index (κ2) is 6.01. The van der Waals surface area contributed by atoms with E-state index in [1.807, 2.05) is 24.3 Å². The summed E-state index contributed by atoms with van der Waals surface area (Å²) in [5.41, 5.74) is 1.09. The highest BCUT2D eigenvalue weighted by Gasteiger charge is 2.22. The van der Waals surface area contributed by atoms with Gasteiger partial charge in [0.25, 0.3) is 0 Å². The van der Waals surface area contributed by atoms with E-state index in [-0.39, 0.29) is 11.7 Å². The zero-order valence-electron chi connectivity index (χ0n) is 11.6. The first kappa shape index (κ1) is 14.3. The molecule has 0 aliphatic carbocycles. The molecule has 0 bridgehead atoms. The number of rotatable bonds is 2. The van der Waals surface area contributed by atoms with E-state index < -0.39 is 17.7 Å². The Morgan fingerprint density at radius 2 is 1.95 bits per heavy atom. The molecule has 4 nitrogen and oxygen atoms in total. The van der Waals surface area contributed by atoms with Crippen LogP contribution in [-0.4, -0.2) is 12.6 Å². The van der Waals surface area contributed by atoms with Crippen LogP contribution in [0.15, 0.2) is 42.5 Å². The molecule has 1 atom stereocenters. The Bertz CT molecular complexity index is 706. The third kappa shape index (κ3) is 3.00. The van der Waals surface area contributed by atoms with Gasteiger partial charge < -0.3 is 15.4 Å². The van der Waals surface area contributed by atoms with Gasteiger partial charge in [-0.1, -0.05) is 18.2 Å². The summed E-state index contributed by atoms with van der Waals surface area (Å²) in [5.74, 6) is -1.22. The normalized spacial score (nSPS) is 16.4. The van der Waals surface area contributed by atoms with Crippen molar-refractivity contribution >= 4 is 11.7 Å². The number of nitrogens with one attached hydrogen (secondary N) is 2. The van der Waals surface area contributed by atoms with E-state index >= 15 is 0 Å². The third-order valence-corrected chi connectivity index (χ3v) is 3.44. The minimum absolute atomic E-state index is 0.185. The van der Waals surface area contributed by atoms with Crippen molar-refractivity contribution in [2.75, 3.05) is 11.9 Å². The number of benzene rings is 2. The van der Waals surface area contributed by atoms with Gasteiger partial charge in [0, 0.05) is 23.7 Å². The molecule has 114 valence electrons. The first-order valence-electron chi connectivity index (χ1n) is 6.88. The number of hydrogen-bond acceptors (Lipinski definition) is 2. The first-order valence-corrected chi connectivity index (χ1v) is 6.88. The Labute approximate surface area is 126 Å². The Hall–Kier alpha value is -2.63. The minimum Gasteiger partial charge on any atom is -0.493 e. The average Bonchev–Trinajstić information content (AvgIpc) is 2.51. The van der Waals surface area contributed by atoms with Crippen LogP contribution in [0.1, 0.15) is 18.0 Å². The van der Waals surface area contributed by atoms with Crippen LogP contribution in [0.4, 0.5) is 19.3 Å². The molecule has 1 unspecified atom stereocenters. The summed E-state index contributed by atoms with van der Waals surface area (Å²) in [4.78, 5) is 12.0. The fourth-order valence-corrected chi connectivity index (χ4v) is 2.39. The number of carbonyl (C=O) groups excluding carboxylic acids is 1. The fourth-order valence-electron chi connectivity index (χ4n) is 2.39. The van der Waals surface area contributed by atoms with Gasteiger partial charge in [-0.2, -0.15) is 0 Å². The zero-order valence-corrected chi connectivity index (χ0v) is 11.6. The lowest BCUT2D eigenvalue weighted by Crippen LogP contribution is -2.35. The van der Waals surface area contributed by atoms with Gasteiger partial charge in [0.05, 0.1) is 12.6 Å². The smallest absolute Gasteiger partial charge is 0.319 e. The van der Waals surface area contributed by atoms with E-state index in [2.05, 4.69) is 10.6 Å². The number of carbonyl (C=O) groups is 1. The number of hydrogen-bond donors (Lipinski definition) is 2. The summed E-state index contributed by atoms with van der Waals surface area (Å²) in [5, 5.41) is 5.30. The van der Waals surface area contributed by atoms with Crippen molar-refractivity contribution in [2.24, 2.45) is 0 Å². The van der Waals surface area contributed by atoms with Crippen molar-refractivity contribution in [3.05, 3.63) is 59.7 Å². The Kier molecular flexibility index (Phi) is 3.91. The van der Waals surface area contributed by atoms with Crippen LogP contribution in [-0.2, 0) is 0 Å². The molecule has 0 saturated heterocycles. The van der Waals surface area contributed by atoms with E-state index in [4.69, 9.17) is 4.74 Å². The van der Waals surface area contributed by atoms with Gasteiger partial charge in [-0.25, -0.2) is 13.6 Å². The van der Waals surface area contributed by atoms with Gasteiger partial charge in [0.15, 0.2) is 11.6 Å². The van der Waals surface area contributed by atoms with Crippen molar-refractivity contribution in [1.29, 1.82) is 0 Å². The molecule has 22 heavy (non-hydrogen) atoms. The lowest BCUT2D eigenvalue weighted by atomic mass is 10.0. The first-order chi connectivity index (χ1) is 10.6. The maximum absolute atomic E-state index is 13.1. The molecule has 2 aromatic rings. The van der Waals surface area contributed by atoms with E-state index in [0.717, 1.165) is 23.4 Å². The monoisotopic (exact) mass is 304 g/mol. The number of urea groups is 1. The molecular formula is C16H14F2N2O2. The molecule has 0 aromatic heterocycles. The molecule has 0 saturated carbocycles. The average molecular weight is 304 g/mol. The quantitative estimate of drug-likeness (QED) is 0.890. The predicted octanol–water partition coefficient (Wildman–Crippen LogP) is 3.61. The lowest BCUT2D eigenvalue weighted by molar-refractivity contribution is 0.232. The number of halogens is 2. The van der Waals surface area contributed by atoms with Crippen LogP contribution in [0.3, 0.4) is 0 Å². The summed E-state index contributed by atoms with van der Waals surface area (Å²) >= 11 is 0. The number of anilines is 1. The van der Waals surface area contributed by atoms with Crippen molar-refractivity contribution in [3.8, 4) is 5.75 Å².